The van der Waals surface area contributed by atoms with E-state index in [4.69, 9.17) is 42.9 Å². The summed E-state index contributed by atoms with van der Waals surface area (Å²) in [6.45, 7) is 15.0. The molecule has 0 heterocycles. The first kappa shape index (κ1) is 34.1. The Morgan fingerprint density at radius 1 is 0.622 bits per heavy atom. The Hall–Kier alpha value is -2.87. The van der Waals surface area contributed by atoms with Gasteiger partial charge in [-0.1, -0.05) is 26.3 Å². The van der Waals surface area contributed by atoms with Gasteiger partial charge in [-0.3, -0.25) is 0 Å². The average molecular weight is 531 g/mol. The molecular formula is C25H38O12. The SMILES string of the molecule is C=CC(=O)OCCOCC(COCCOC(=O)C=C)(COCCOC(=O)C=C)C(=C)COOCCOC. The van der Waals surface area contributed by atoms with Crippen LogP contribution < -0.4 is 0 Å². The summed E-state index contributed by atoms with van der Waals surface area (Å²) in [5.74, 6) is -1.72. The maximum Gasteiger partial charge on any atom is 0.330 e. The van der Waals surface area contributed by atoms with Crippen molar-refractivity contribution in [3.05, 3.63) is 50.1 Å². The van der Waals surface area contributed by atoms with Crippen molar-refractivity contribution in [2.75, 3.05) is 86.4 Å². The lowest BCUT2D eigenvalue weighted by atomic mass is 9.83. The zero-order valence-corrected chi connectivity index (χ0v) is 21.4. The number of carbonyl (C=O) groups is 3. The summed E-state index contributed by atoms with van der Waals surface area (Å²) in [6.07, 6.45) is 3.15. The van der Waals surface area contributed by atoms with E-state index < -0.39 is 23.3 Å². The van der Waals surface area contributed by atoms with E-state index >= 15 is 0 Å². The smallest absolute Gasteiger partial charge is 0.330 e. The van der Waals surface area contributed by atoms with Gasteiger partial charge in [0.05, 0.1) is 51.7 Å². The third kappa shape index (κ3) is 17.3. The zero-order chi connectivity index (χ0) is 27.8. The number of carbonyl (C=O) groups excluding carboxylic acids is 3. The van der Waals surface area contributed by atoms with E-state index in [0.717, 1.165) is 18.2 Å². The van der Waals surface area contributed by atoms with Crippen LogP contribution >= 0.6 is 0 Å². The van der Waals surface area contributed by atoms with E-state index in [2.05, 4.69) is 26.3 Å². The lowest BCUT2D eigenvalue weighted by Crippen LogP contribution is -2.41. The van der Waals surface area contributed by atoms with Crippen LogP contribution in [0, 0.1) is 5.41 Å². The number of hydrogen-bond donors (Lipinski definition) is 0. The first-order valence-electron chi connectivity index (χ1n) is 11.4. The molecule has 0 amide bonds. The molecule has 210 valence electrons. The Morgan fingerprint density at radius 2 is 1.03 bits per heavy atom. The van der Waals surface area contributed by atoms with Gasteiger partial charge in [-0.2, -0.15) is 0 Å². The molecule has 0 bridgehead atoms. The molecule has 0 aromatic carbocycles. The lowest BCUT2D eigenvalue weighted by molar-refractivity contribution is -0.294. The van der Waals surface area contributed by atoms with Crippen LogP contribution in [-0.4, -0.2) is 104 Å². The number of esters is 3. The molecule has 0 N–H and O–H groups in total. The second-order valence-corrected chi connectivity index (χ2v) is 7.23. The molecule has 0 aliphatic rings. The maximum absolute atomic E-state index is 11.2. The minimum absolute atomic E-state index is 0.000756. The first-order valence-corrected chi connectivity index (χ1v) is 11.4. The van der Waals surface area contributed by atoms with Gasteiger partial charge < -0.3 is 33.2 Å². The first-order chi connectivity index (χ1) is 17.8. The van der Waals surface area contributed by atoms with Crippen LogP contribution in [0.25, 0.3) is 0 Å². The fourth-order valence-corrected chi connectivity index (χ4v) is 2.46. The average Bonchev–Trinajstić information content (AvgIpc) is 2.91. The van der Waals surface area contributed by atoms with E-state index in [-0.39, 0.29) is 72.7 Å². The Kier molecular flexibility index (Phi) is 20.6. The van der Waals surface area contributed by atoms with Gasteiger partial charge in [-0.15, -0.1) is 0 Å². The minimum Gasteiger partial charge on any atom is -0.460 e. The number of ether oxygens (including phenoxy) is 7. The second-order valence-electron chi connectivity index (χ2n) is 7.23. The van der Waals surface area contributed by atoms with Crippen molar-refractivity contribution in [3.8, 4) is 0 Å². The molecule has 0 rings (SSSR count). The van der Waals surface area contributed by atoms with Crippen LogP contribution in [0.2, 0.25) is 0 Å². The van der Waals surface area contributed by atoms with E-state index in [0.29, 0.717) is 12.2 Å². The van der Waals surface area contributed by atoms with E-state index in [1.165, 1.54) is 7.11 Å². The second kappa shape index (κ2) is 22.3. The van der Waals surface area contributed by atoms with Crippen molar-refractivity contribution in [1.29, 1.82) is 0 Å². The van der Waals surface area contributed by atoms with Gasteiger partial charge in [-0.05, 0) is 5.57 Å². The molecule has 0 aromatic heterocycles. The lowest BCUT2D eigenvalue weighted by Gasteiger charge is -2.35. The van der Waals surface area contributed by atoms with Gasteiger partial charge in [0.1, 0.15) is 33.0 Å². The predicted octanol–water partition coefficient (Wildman–Crippen LogP) is 1.36. The fraction of sp³-hybridized carbons (Fsp3) is 0.560. The molecule has 12 nitrogen and oxygen atoms in total. The molecule has 37 heavy (non-hydrogen) atoms. The molecule has 0 fully saturated rings. The summed E-state index contributed by atoms with van der Waals surface area (Å²) in [4.78, 5) is 44.0. The van der Waals surface area contributed by atoms with E-state index in [9.17, 15) is 14.4 Å². The topological polar surface area (TPSA) is 134 Å². The van der Waals surface area contributed by atoms with Gasteiger partial charge in [0.15, 0.2) is 0 Å². The van der Waals surface area contributed by atoms with Crippen LogP contribution in [0.15, 0.2) is 50.1 Å². The molecule has 0 saturated heterocycles. The molecule has 12 heteroatoms. The van der Waals surface area contributed by atoms with Crippen molar-refractivity contribution in [2.45, 2.75) is 0 Å². The summed E-state index contributed by atoms with van der Waals surface area (Å²) in [5, 5.41) is 0. The fourth-order valence-electron chi connectivity index (χ4n) is 2.46. The molecule has 0 aliphatic carbocycles. The Labute approximate surface area is 217 Å². The predicted molar refractivity (Wildman–Crippen MR) is 131 cm³/mol. The summed E-state index contributed by atoms with van der Waals surface area (Å²) in [5.41, 5.74) is -0.447. The largest absolute Gasteiger partial charge is 0.460 e. The molecule has 0 atom stereocenters. The standard InChI is InChI=1S/C25H38O12/c1-6-22(26)33-13-10-30-18-25(19-31-11-14-34-23(27)7-2,20-32-12-15-35-24(28)8-3)21(4)17-37-36-16-9-29-5/h6-8H,1-4,9-20H2,5H3. The maximum atomic E-state index is 11.2. The van der Waals surface area contributed by atoms with Crippen molar-refractivity contribution in [3.63, 3.8) is 0 Å². The van der Waals surface area contributed by atoms with Crippen LogP contribution in [-0.2, 0) is 57.3 Å². The molecule has 0 aliphatic heterocycles. The number of hydrogen-bond acceptors (Lipinski definition) is 12. The van der Waals surface area contributed by atoms with Gasteiger partial charge >= 0.3 is 17.9 Å². The molecule has 0 spiro atoms. The quantitative estimate of drug-likeness (QED) is 0.0321. The number of methoxy groups -OCH3 is 1. The van der Waals surface area contributed by atoms with Crippen molar-refractivity contribution < 1.29 is 57.3 Å². The van der Waals surface area contributed by atoms with Gasteiger partial charge in [-0.25, -0.2) is 24.2 Å². The third-order valence-electron chi connectivity index (χ3n) is 4.49. The highest BCUT2D eigenvalue weighted by Crippen LogP contribution is 2.29. The Balaban J connectivity index is 5.26. The van der Waals surface area contributed by atoms with Crippen LogP contribution in [0.4, 0.5) is 0 Å². The van der Waals surface area contributed by atoms with Crippen LogP contribution in [0.3, 0.4) is 0 Å². The Morgan fingerprint density at radius 3 is 1.38 bits per heavy atom. The van der Waals surface area contributed by atoms with Crippen LogP contribution in [0.5, 0.6) is 0 Å². The minimum atomic E-state index is -0.960. The van der Waals surface area contributed by atoms with Crippen molar-refractivity contribution >= 4 is 17.9 Å². The van der Waals surface area contributed by atoms with E-state index in [1.807, 2.05) is 0 Å². The third-order valence-corrected chi connectivity index (χ3v) is 4.49. The molecule has 0 aromatic rings. The highest BCUT2D eigenvalue weighted by molar-refractivity contribution is 5.81. The van der Waals surface area contributed by atoms with Crippen LogP contribution in [0.1, 0.15) is 0 Å². The Bertz CT molecular complexity index is 644. The molecular weight excluding hydrogens is 492 g/mol. The summed E-state index contributed by atoms with van der Waals surface area (Å²) < 4.78 is 36.9. The van der Waals surface area contributed by atoms with Gasteiger partial charge in [0, 0.05) is 25.3 Å². The van der Waals surface area contributed by atoms with Gasteiger partial charge in [0.2, 0.25) is 0 Å². The summed E-state index contributed by atoms with van der Waals surface area (Å²) in [6, 6.07) is 0. The normalized spacial score (nSPS) is 10.8. The molecule has 0 unspecified atom stereocenters. The van der Waals surface area contributed by atoms with Crippen molar-refractivity contribution in [1.82, 2.24) is 0 Å². The molecule has 0 saturated carbocycles. The summed E-state index contributed by atoms with van der Waals surface area (Å²) in [7, 11) is 1.53. The highest BCUT2D eigenvalue weighted by atomic mass is 17.2. The summed E-state index contributed by atoms with van der Waals surface area (Å²) >= 11 is 0. The molecule has 0 radical (unpaired) electrons. The zero-order valence-electron chi connectivity index (χ0n) is 21.4. The monoisotopic (exact) mass is 530 g/mol. The van der Waals surface area contributed by atoms with Crippen molar-refractivity contribution in [2.24, 2.45) is 5.41 Å². The van der Waals surface area contributed by atoms with E-state index in [1.54, 1.807) is 0 Å². The number of rotatable bonds is 25. The highest BCUT2D eigenvalue weighted by Gasteiger charge is 2.35. The van der Waals surface area contributed by atoms with Gasteiger partial charge in [0.25, 0.3) is 0 Å².